The Balaban J connectivity index is 1.88. The number of nitrogens with zero attached hydrogens (tertiary/aromatic N) is 2. The van der Waals surface area contributed by atoms with E-state index in [-0.39, 0.29) is 18.7 Å². The van der Waals surface area contributed by atoms with Gasteiger partial charge in [0.25, 0.3) is 0 Å². The summed E-state index contributed by atoms with van der Waals surface area (Å²) in [6.07, 6.45) is 2.30. The van der Waals surface area contributed by atoms with E-state index in [2.05, 4.69) is 4.74 Å². The molecule has 11 heteroatoms. The maximum atomic E-state index is 13.8. The first kappa shape index (κ1) is 23.0. The second-order valence-electron chi connectivity index (χ2n) is 6.82. The largest absolute Gasteiger partial charge is 0.465 e. The standard InChI is InChI=1S/C21H17F5N2O4/c1-2-3-11-10-12(4-5-13(11)27-6-8-28(9-7-27)21(30)31)20(29)32-19-17(25)15(23)14(22)16(24)18(19)26/h2-5,10H,6-9H2,1H3,(H,30,31)/b3-2-. The molecule has 0 saturated carbocycles. The van der Waals surface area contributed by atoms with Crippen molar-refractivity contribution in [3.8, 4) is 5.75 Å². The highest BCUT2D eigenvalue weighted by atomic mass is 19.2. The fraction of sp³-hybridized carbons (Fsp3) is 0.238. The summed E-state index contributed by atoms with van der Waals surface area (Å²) >= 11 is 0. The molecule has 0 aliphatic carbocycles. The summed E-state index contributed by atoms with van der Waals surface area (Å²) in [5, 5.41) is 9.06. The normalized spacial score (nSPS) is 14.2. The zero-order valence-corrected chi connectivity index (χ0v) is 16.7. The molecule has 0 radical (unpaired) electrons. The Morgan fingerprint density at radius 2 is 1.50 bits per heavy atom. The molecule has 1 amide bonds. The maximum Gasteiger partial charge on any atom is 0.407 e. The molecule has 2 aromatic carbocycles. The van der Waals surface area contributed by atoms with Crippen LogP contribution in [0.5, 0.6) is 5.75 Å². The van der Waals surface area contributed by atoms with Gasteiger partial charge in [-0.2, -0.15) is 8.78 Å². The summed E-state index contributed by atoms with van der Waals surface area (Å²) in [5.74, 6) is -14.3. The van der Waals surface area contributed by atoms with Gasteiger partial charge >= 0.3 is 12.1 Å². The molecule has 6 nitrogen and oxygen atoms in total. The van der Waals surface area contributed by atoms with E-state index >= 15 is 0 Å². The average Bonchev–Trinajstić information content (AvgIpc) is 2.79. The van der Waals surface area contributed by atoms with Crippen LogP contribution in [0.2, 0.25) is 0 Å². The number of esters is 1. The van der Waals surface area contributed by atoms with Gasteiger partial charge < -0.3 is 19.6 Å². The predicted octanol–water partition coefficient (Wildman–Crippen LogP) is 4.43. The van der Waals surface area contributed by atoms with Crippen LogP contribution in [0.4, 0.5) is 32.4 Å². The molecule has 170 valence electrons. The number of halogens is 5. The first-order chi connectivity index (χ1) is 15.1. The molecule has 1 fully saturated rings. The van der Waals surface area contributed by atoms with Gasteiger partial charge in [-0.1, -0.05) is 12.2 Å². The number of anilines is 1. The van der Waals surface area contributed by atoms with Gasteiger partial charge in [-0.3, -0.25) is 0 Å². The lowest BCUT2D eigenvalue weighted by Gasteiger charge is -2.35. The van der Waals surface area contributed by atoms with Crippen molar-refractivity contribution in [2.45, 2.75) is 6.92 Å². The minimum absolute atomic E-state index is 0.185. The van der Waals surface area contributed by atoms with Crippen LogP contribution in [-0.2, 0) is 0 Å². The number of carboxylic acid groups (broad SMARTS) is 1. The molecule has 0 bridgehead atoms. The van der Waals surface area contributed by atoms with Crippen molar-refractivity contribution in [3.05, 3.63) is 64.5 Å². The molecule has 3 rings (SSSR count). The highest BCUT2D eigenvalue weighted by molar-refractivity contribution is 5.93. The van der Waals surface area contributed by atoms with Gasteiger partial charge in [0.2, 0.25) is 34.8 Å². The third-order valence-corrected chi connectivity index (χ3v) is 4.86. The van der Waals surface area contributed by atoms with Crippen molar-refractivity contribution in [1.29, 1.82) is 0 Å². The topological polar surface area (TPSA) is 70.1 Å². The number of hydrogen-bond acceptors (Lipinski definition) is 4. The van der Waals surface area contributed by atoms with Gasteiger partial charge in [-0.05, 0) is 30.7 Å². The molecule has 2 aromatic rings. The van der Waals surface area contributed by atoms with Crippen molar-refractivity contribution in [2.75, 3.05) is 31.1 Å². The summed E-state index contributed by atoms with van der Waals surface area (Å²) in [6.45, 7) is 3.05. The van der Waals surface area contributed by atoms with Crippen molar-refractivity contribution in [1.82, 2.24) is 4.90 Å². The molecule has 0 unspecified atom stereocenters. The first-order valence-electron chi connectivity index (χ1n) is 9.38. The SMILES string of the molecule is C/C=C\c1cc(C(=O)Oc2c(F)c(F)c(F)c(F)c2F)ccc1N1CCN(C(=O)O)CC1. The molecule has 1 aliphatic rings. The van der Waals surface area contributed by atoms with Crippen LogP contribution in [0.15, 0.2) is 24.3 Å². The van der Waals surface area contributed by atoms with Gasteiger partial charge in [-0.15, -0.1) is 0 Å². The highest BCUT2D eigenvalue weighted by Crippen LogP contribution is 2.31. The minimum Gasteiger partial charge on any atom is -0.465 e. The molecule has 0 atom stereocenters. The lowest BCUT2D eigenvalue weighted by atomic mass is 10.1. The molecular weight excluding hydrogens is 439 g/mol. The summed E-state index contributed by atoms with van der Waals surface area (Å²) < 4.78 is 72.0. The molecule has 1 heterocycles. The number of rotatable bonds is 4. The molecule has 1 N–H and O–H groups in total. The van der Waals surface area contributed by atoms with Crippen LogP contribution < -0.4 is 9.64 Å². The zero-order valence-electron chi connectivity index (χ0n) is 16.7. The summed E-state index contributed by atoms with van der Waals surface area (Å²) in [6, 6.07) is 4.15. The quantitative estimate of drug-likeness (QED) is 0.242. The van der Waals surface area contributed by atoms with E-state index in [0.717, 1.165) is 0 Å². The van der Waals surface area contributed by atoms with E-state index in [4.69, 9.17) is 5.11 Å². The van der Waals surface area contributed by atoms with E-state index in [1.54, 1.807) is 19.1 Å². The van der Waals surface area contributed by atoms with Crippen molar-refractivity contribution in [3.63, 3.8) is 0 Å². The average molecular weight is 456 g/mol. The lowest BCUT2D eigenvalue weighted by molar-refractivity contribution is 0.0716. The van der Waals surface area contributed by atoms with E-state index < -0.39 is 46.9 Å². The summed E-state index contributed by atoms with van der Waals surface area (Å²) in [5.41, 5.74) is 0.999. The van der Waals surface area contributed by atoms with Crippen molar-refractivity contribution >= 4 is 23.8 Å². The van der Waals surface area contributed by atoms with Crippen molar-refractivity contribution in [2.24, 2.45) is 0 Å². The van der Waals surface area contributed by atoms with Crippen LogP contribution in [-0.4, -0.2) is 48.2 Å². The Morgan fingerprint density at radius 1 is 0.938 bits per heavy atom. The third-order valence-electron chi connectivity index (χ3n) is 4.86. The van der Waals surface area contributed by atoms with E-state index in [1.807, 2.05) is 4.90 Å². The molecule has 1 saturated heterocycles. The van der Waals surface area contributed by atoms with E-state index in [0.29, 0.717) is 24.3 Å². The van der Waals surface area contributed by atoms with E-state index in [1.165, 1.54) is 23.1 Å². The lowest BCUT2D eigenvalue weighted by Crippen LogP contribution is -2.48. The Kier molecular flexibility index (Phi) is 6.66. The number of hydrogen-bond donors (Lipinski definition) is 1. The van der Waals surface area contributed by atoms with Crippen LogP contribution in [0, 0.1) is 29.1 Å². The second-order valence-corrected chi connectivity index (χ2v) is 6.82. The van der Waals surface area contributed by atoms with Gasteiger partial charge in [0.05, 0.1) is 5.56 Å². The Hall–Kier alpha value is -3.63. The Bertz CT molecular complexity index is 1070. The Labute approximate surface area is 179 Å². The highest BCUT2D eigenvalue weighted by Gasteiger charge is 2.29. The Morgan fingerprint density at radius 3 is 2.03 bits per heavy atom. The fourth-order valence-electron chi connectivity index (χ4n) is 3.25. The zero-order chi connectivity index (χ0) is 23.6. The van der Waals surface area contributed by atoms with Crippen LogP contribution in [0.3, 0.4) is 0 Å². The number of piperazine rings is 1. The maximum absolute atomic E-state index is 13.8. The smallest absolute Gasteiger partial charge is 0.407 e. The summed E-state index contributed by atoms with van der Waals surface area (Å²) in [7, 11) is 0. The van der Waals surface area contributed by atoms with Gasteiger partial charge in [0.1, 0.15) is 0 Å². The fourth-order valence-corrected chi connectivity index (χ4v) is 3.25. The van der Waals surface area contributed by atoms with Gasteiger partial charge in [-0.25, -0.2) is 22.8 Å². The second kappa shape index (κ2) is 9.25. The monoisotopic (exact) mass is 456 g/mol. The van der Waals surface area contributed by atoms with Crippen LogP contribution in [0.25, 0.3) is 6.08 Å². The molecule has 0 spiro atoms. The third kappa shape index (κ3) is 4.36. The van der Waals surface area contributed by atoms with Crippen LogP contribution >= 0.6 is 0 Å². The van der Waals surface area contributed by atoms with E-state index in [9.17, 15) is 31.5 Å². The number of allylic oxidation sites excluding steroid dienone is 1. The number of benzene rings is 2. The number of amides is 1. The van der Waals surface area contributed by atoms with Gasteiger partial charge in [0, 0.05) is 31.9 Å². The van der Waals surface area contributed by atoms with Crippen molar-refractivity contribution < 1.29 is 41.4 Å². The van der Waals surface area contributed by atoms with Crippen LogP contribution in [0.1, 0.15) is 22.8 Å². The molecule has 0 aromatic heterocycles. The first-order valence-corrected chi connectivity index (χ1v) is 9.38. The predicted molar refractivity (Wildman–Crippen MR) is 104 cm³/mol. The number of carbonyl (C=O) groups excluding carboxylic acids is 1. The number of carbonyl (C=O) groups is 2. The molecular formula is C21H17F5N2O4. The van der Waals surface area contributed by atoms with Gasteiger partial charge in [0.15, 0.2) is 0 Å². The number of ether oxygens (including phenoxy) is 1. The minimum atomic E-state index is -2.36. The summed E-state index contributed by atoms with van der Waals surface area (Å²) in [4.78, 5) is 26.6. The molecule has 32 heavy (non-hydrogen) atoms. The molecule has 1 aliphatic heterocycles.